The molecule has 0 aliphatic heterocycles. The first kappa shape index (κ1) is 16.8. The Morgan fingerprint density at radius 1 is 0.810 bits per heavy atom. The van der Waals surface area contributed by atoms with Gasteiger partial charge in [0.25, 0.3) is 6.29 Å². The van der Waals surface area contributed by atoms with Gasteiger partial charge in [0.2, 0.25) is 5.82 Å². The van der Waals surface area contributed by atoms with E-state index in [4.69, 9.17) is 0 Å². The molecular weight excluding hydrogens is 307 g/mol. The van der Waals surface area contributed by atoms with Gasteiger partial charge < -0.3 is 4.74 Å². The van der Waals surface area contributed by atoms with Crippen LogP contribution < -0.4 is 0 Å². The summed E-state index contributed by atoms with van der Waals surface area (Å²) in [5.74, 6) is -13.8. The number of hydrogen-bond donors (Lipinski definition) is 0. The quantitative estimate of drug-likeness (QED) is 0.162. The van der Waals surface area contributed by atoms with Gasteiger partial charge in [-0.3, -0.25) is 9.68 Å². The predicted molar refractivity (Wildman–Crippen MR) is 53.6 cm³/mol. The van der Waals surface area contributed by atoms with Gasteiger partial charge in [-0.1, -0.05) is 0 Å². The summed E-state index contributed by atoms with van der Waals surface area (Å²) in [4.78, 5) is 29.3. The molecule has 0 heterocycles. The lowest BCUT2D eigenvalue weighted by atomic mass is 10.1. The first-order valence-electron chi connectivity index (χ1n) is 5.19. The molecule has 0 saturated heterocycles. The van der Waals surface area contributed by atoms with Crippen molar-refractivity contribution >= 4 is 11.9 Å². The van der Waals surface area contributed by atoms with E-state index in [9.17, 15) is 31.5 Å². The Kier molecular flexibility index (Phi) is 5.19. The topological polar surface area (TPSA) is 61.8 Å². The van der Waals surface area contributed by atoms with Crippen LogP contribution >= 0.6 is 0 Å². The normalized spacial score (nSPS) is 12.0. The van der Waals surface area contributed by atoms with Crippen molar-refractivity contribution in [3.8, 4) is 0 Å². The molecule has 116 valence electrons. The largest absolute Gasteiger partial charge is 0.427 e. The molecule has 0 aliphatic carbocycles. The van der Waals surface area contributed by atoms with Crippen LogP contribution in [0.1, 0.15) is 25.7 Å². The van der Waals surface area contributed by atoms with Crippen LogP contribution in [-0.4, -0.2) is 11.9 Å². The molecule has 0 saturated carbocycles. The molecule has 0 aliphatic rings. The molecule has 0 N–H and O–H groups in total. The summed E-state index contributed by atoms with van der Waals surface area (Å²) in [5.41, 5.74) is -1.61. The van der Waals surface area contributed by atoms with Crippen molar-refractivity contribution in [1.29, 1.82) is 0 Å². The zero-order valence-electron chi connectivity index (χ0n) is 10.5. The van der Waals surface area contributed by atoms with E-state index in [1.165, 1.54) is 0 Å². The fraction of sp³-hybridized carbons (Fsp3) is 0.273. The summed E-state index contributed by atoms with van der Waals surface area (Å²) in [6.45, 7) is 1.60. The monoisotopic (exact) mass is 314 g/mol. The molecule has 0 fully saturated rings. The Labute approximate surface area is 114 Å². The highest BCUT2D eigenvalue weighted by atomic mass is 19.2. The molecule has 0 amide bonds. The highest BCUT2D eigenvalue weighted by molar-refractivity contribution is 5.66. The van der Waals surface area contributed by atoms with Crippen molar-refractivity contribution in [2.45, 2.75) is 20.1 Å². The smallest absolute Gasteiger partial charge is 0.339 e. The average Bonchev–Trinajstić information content (AvgIpc) is 2.39. The van der Waals surface area contributed by atoms with Gasteiger partial charge in [0.15, 0.2) is 23.3 Å². The molecule has 1 atom stereocenters. The standard InChI is InChI=1S/C11H7F5O5/c1-3(17)19-11(21-20-4(2)18)5-6(12)8(14)10(16)9(15)7(5)13/h11H,1-2H3. The second-order valence-electron chi connectivity index (χ2n) is 3.60. The Morgan fingerprint density at radius 3 is 1.62 bits per heavy atom. The fourth-order valence-corrected chi connectivity index (χ4v) is 1.22. The molecule has 0 spiro atoms. The number of benzene rings is 1. The van der Waals surface area contributed by atoms with Crippen molar-refractivity contribution in [3.63, 3.8) is 0 Å². The van der Waals surface area contributed by atoms with E-state index < -0.39 is 52.9 Å². The lowest BCUT2D eigenvalue weighted by Crippen LogP contribution is -2.19. The van der Waals surface area contributed by atoms with Gasteiger partial charge in [-0.05, 0) is 0 Å². The van der Waals surface area contributed by atoms with E-state index in [1.54, 1.807) is 0 Å². The second kappa shape index (κ2) is 6.48. The van der Waals surface area contributed by atoms with E-state index >= 15 is 0 Å². The fourth-order valence-electron chi connectivity index (χ4n) is 1.22. The average molecular weight is 314 g/mol. The highest BCUT2D eigenvalue weighted by Gasteiger charge is 2.34. The molecule has 21 heavy (non-hydrogen) atoms. The van der Waals surface area contributed by atoms with Crippen LogP contribution in [0.2, 0.25) is 0 Å². The SMILES string of the molecule is CC(=O)OOC(OC(C)=O)c1c(F)c(F)c(F)c(F)c1F. The van der Waals surface area contributed by atoms with Gasteiger partial charge in [0.05, 0.1) is 0 Å². The van der Waals surface area contributed by atoms with Crippen LogP contribution in [-0.2, 0) is 24.1 Å². The minimum Gasteiger partial charge on any atom is -0.427 e. The Hall–Kier alpha value is -2.23. The number of esters is 1. The Morgan fingerprint density at radius 2 is 1.24 bits per heavy atom. The number of ether oxygens (including phenoxy) is 1. The molecule has 1 aromatic rings. The van der Waals surface area contributed by atoms with E-state index in [1.807, 2.05) is 0 Å². The van der Waals surface area contributed by atoms with Crippen LogP contribution in [0.5, 0.6) is 0 Å². The van der Waals surface area contributed by atoms with Gasteiger partial charge in [-0.15, -0.1) is 4.89 Å². The predicted octanol–water partition coefficient (Wildman–Crippen LogP) is 2.44. The van der Waals surface area contributed by atoms with Gasteiger partial charge in [-0.2, -0.15) is 0 Å². The molecule has 0 radical (unpaired) electrons. The number of halogens is 5. The second-order valence-corrected chi connectivity index (χ2v) is 3.60. The summed E-state index contributed by atoms with van der Waals surface area (Å²) >= 11 is 0. The molecule has 1 aromatic carbocycles. The molecule has 5 nitrogen and oxygen atoms in total. The number of hydrogen-bond acceptors (Lipinski definition) is 5. The highest BCUT2D eigenvalue weighted by Crippen LogP contribution is 2.30. The van der Waals surface area contributed by atoms with Gasteiger partial charge in [0.1, 0.15) is 5.56 Å². The molecule has 1 rings (SSSR count). The minimum atomic E-state index is -2.46. The van der Waals surface area contributed by atoms with E-state index in [0.29, 0.717) is 0 Å². The van der Waals surface area contributed by atoms with Crippen molar-refractivity contribution < 1.29 is 46.1 Å². The molecule has 0 aromatic heterocycles. The third-order valence-electron chi connectivity index (χ3n) is 2.01. The maximum Gasteiger partial charge on any atom is 0.339 e. The van der Waals surface area contributed by atoms with Crippen molar-refractivity contribution in [3.05, 3.63) is 34.6 Å². The van der Waals surface area contributed by atoms with Gasteiger partial charge >= 0.3 is 11.9 Å². The van der Waals surface area contributed by atoms with Crippen LogP contribution in [0.25, 0.3) is 0 Å². The summed E-state index contributed by atoms with van der Waals surface area (Å²) in [6, 6.07) is 0. The maximum absolute atomic E-state index is 13.5. The zero-order valence-corrected chi connectivity index (χ0v) is 10.5. The molecule has 10 heteroatoms. The Balaban J connectivity index is 3.36. The molecule has 1 unspecified atom stereocenters. The minimum absolute atomic E-state index is 0.774. The van der Waals surface area contributed by atoms with Crippen molar-refractivity contribution in [2.24, 2.45) is 0 Å². The van der Waals surface area contributed by atoms with Crippen molar-refractivity contribution in [1.82, 2.24) is 0 Å². The zero-order chi connectivity index (χ0) is 16.3. The third kappa shape index (κ3) is 3.66. The number of carbonyl (C=O) groups excluding carboxylic acids is 2. The Bertz CT molecular complexity index is 560. The summed E-state index contributed by atoms with van der Waals surface area (Å²) in [6.07, 6.45) is -2.46. The first-order chi connectivity index (χ1) is 9.66. The first-order valence-corrected chi connectivity index (χ1v) is 5.19. The van der Waals surface area contributed by atoms with Crippen LogP contribution in [0.4, 0.5) is 22.0 Å². The van der Waals surface area contributed by atoms with Crippen LogP contribution in [0.15, 0.2) is 0 Å². The van der Waals surface area contributed by atoms with Crippen molar-refractivity contribution in [2.75, 3.05) is 0 Å². The molecule has 0 bridgehead atoms. The lowest BCUT2D eigenvalue weighted by molar-refractivity contribution is -0.348. The van der Waals surface area contributed by atoms with Crippen LogP contribution in [0, 0.1) is 29.1 Å². The van der Waals surface area contributed by atoms with Gasteiger partial charge in [0, 0.05) is 13.8 Å². The summed E-state index contributed by atoms with van der Waals surface area (Å²) < 4.78 is 70.2. The van der Waals surface area contributed by atoms with E-state index in [-0.39, 0.29) is 0 Å². The summed E-state index contributed by atoms with van der Waals surface area (Å²) in [7, 11) is 0. The lowest BCUT2D eigenvalue weighted by Gasteiger charge is -2.17. The number of carbonyl (C=O) groups is 2. The van der Waals surface area contributed by atoms with E-state index in [2.05, 4.69) is 14.5 Å². The summed E-state index contributed by atoms with van der Waals surface area (Å²) in [5, 5.41) is 0. The molecular formula is C11H7F5O5. The number of rotatable bonds is 4. The van der Waals surface area contributed by atoms with Crippen LogP contribution in [0.3, 0.4) is 0 Å². The van der Waals surface area contributed by atoms with E-state index in [0.717, 1.165) is 13.8 Å². The maximum atomic E-state index is 13.5. The third-order valence-corrected chi connectivity index (χ3v) is 2.01. The van der Waals surface area contributed by atoms with Gasteiger partial charge in [-0.25, -0.2) is 26.7 Å².